The fraction of sp³-hybridized carbons (Fsp3) is 0.538. The molecule has 0 aliphatic heterocycles. The molecule has 0 aliphatic carbocycles. The maximum atomic E-state index is 5.59. The van der Waals surface area contributed by atoms with E-state index in [0.29, 0.717) is 6.54 Å². The van der Waals surface area contributed by atoms with E-state index < -0.39 is 0 Å². The van der Waals surface area contributed by atoms with Gasteiger partial charge in [-0.3, -0.25) is 4.90 Å². The molecule has 0 radical (unpaired) electrons. The summed E-state index contributed by atoms with van der Waals surface area (Å²) in [6, 6.07) is 0.161. The average Bonchev–Trinajstić information content (AvgIpc) is 3.07. The third-order valence-corrected chi connectivity index (χ3v) is 4.14. The lowest BCUT2D eigenvalue weighted by Crippen LogP contribution is -2.29. The summed E-state index contributed by atoms with van der Waals surface area (Å²) in [4.78, 5) is 14.4. The molecule has 0 fully saturated rings. The molecule has 0 amide bonds. The molecule has 19 heavy (non-hydrogen) atoms. The molecule has 3 N–H and O–H groups in total. The van der Waals surface area contributed by atoms with E-state index >= 15 is 0 Å². The maximum Gasteiger partial charge on any atom is 0.116 e. The lowest BCUT2D eigenvalue weighted by molar-refractivity contribution is 0.246. The Labute approximate surface area is 117 Å². The van der Waals surface area contributed by atoms with Crippen LogP contribution in [0.5, 0.6) is 0 Å². The van der Waals surface area contributed by atoms with Gasteiger partial charge in [0.05, 0.1) is 17.7 Å². The Balaban J connectivity index is 2.30. The fourth-order valence-corrected chi connectivity index (χ4v) is 3.20. The van der Waals surface area contributed by atoms with Crippen LogP contribution in [-0.2, 0) is 6.42 Å². The van der Waals surface area contributed by atoms with Gasteiger partial charge in [-0.1, -0.05) is 13.8 Å². The zero-order chi connectivity index (χ0) is 13.7. The zero-order valence-corrected chi connectivity index (χ0v) is 12.3. The minimum Gasteiger partial charge on any atom is -0.347 e. The number of rotatable bonds is 7. The molecule has 5 nitrogen and oxygen atoms in total. The Morgan fingerprint density at radius 1 is 1.42 bits per heavy atom. The number of aromatic amines is 1. The molecule has 0 bridgehead atoms. The summed E-state index contributed by atoms with van der Waals surface area (Å²) in [5, 5.41) is 3.21. The zero-order valence-electron chi connectivity index (χ0n) is 11.5. The lowest BCUT2D eigenvalue weighted by Gasteiger charge is -2.26. The summed E-state index contributed by atoms with van der Waals surface area (Å²) in [6.07, 6.45) is 4.44. The number of nitrogens with two attached hydrogens (primary N) is 1. The van der Waals surface area contributed by atoms with Crippen molar-refractivity contribution in [2.45, 2.75) is 26.3 Å². The van der Waals surface area contributed by atoms with Gasteiger partial charge in [-0.25, -0.2) is 9.97 Å². The number of imidazole rings is 1. The molecule has 6 heteroatoms. The molecular weight excluding hydrogens is 258 g/mol. The van der Waals surface area contributed by atoms with Gasteiger partial charge in [0.25, 0.3) is 0 Å². The Bertz CT molecular complexity index is 475. The Morgan fingerprint density at radius 2 is 2.21 bits per heavy atom. The van der Waals surface area contributed by atoms with Crippen LogP contribution in [0, 0.1) is 0 Å². The van der Waals surface area contributed by atoms with Crippen LogP contribution in [0.2, 0.25) is 0 Å². The molecular formula is C13H21N5S. The summed E-state index contributed by atoms with van der Waals surface area (Å²) in [5.74, 6) is 0. The predicted octanol–water partition coefficient (Wildman–Crippen LogP) is 1.80. The first-order chi connectivity index (χ1) is 9.30. The van der Waals surface area contributed by atoms with E-state index in [-0.39, 0.29) is 6.04 Å². The first kappa shape index (κ1) is 14.2. The topological polar surface area (TPSA) is 70.8 Å². The minimum absolute atomic E-state index is 0.161. The average molecular weight is 279 g/mol. The van der Waals surface area contributed by atoms with Crippen molar-refractivity contribution in [2.75, 3.05) is 19.6 Å². The smallest absolute Gasteiger partial charge is 0.116 e. The quantitative estimate of drug-likeness (QED) is 0.810. The van der Waals surface area contributed by atoms with E-state index in [1.807, 2.05) is 6.20 Å². The van der Waals surface area contributed by atoms with Gasteiger partial charge < -0.3 is 10.7 Å². The number of hydrogen-bond donors (Lipinski definition) is 2. The Kier molecular flexibility index (Phi) is 5.07. The third-order valence-electron chi connectivity index (χ3n) is 3.20. The van der Waals surface area contributed by atoms with Crippen LogP contribution in [0.4, 0.5) is 0 Å². The van der Waals surface area contributed by atoms with Crippen molar-refractivity contribution in [1.82, 2.24) is 19.9 Å². The van der Waals surface area contributed by atoms with Crippen LogP contribution in [0.25, 0.3) is 0 Å². The van der Waals surface area contributed by atoms with Gasteiger partial charge in [0.15, 0.2) is 0 Å². The molecule has 104 valence electrons. The van der Waals surface area contributed by atoms with Crippen molar-refractivity contribution in [2.24, 2.45) is 5.73 Å². The van der Waals surface area contributed by atoms with Crippen LogP contribution in [-0.4, -0.2) is 39.5 Å². The summed E-state index contributed by atoms with van der Waals surface area (Å²) in [7, 11) is 0. The van der Waals surface area contributed by atoms with Gasteiger partial charge in [0, 0.05) is 18.0 Å². The maximum absolute atomic E-state index is 5.59. The van der Waals surface area contributed by atoms with Crippen LogP contribution >= 0.6 is 11.3 Å². The van der Waals surface area contributed by atoms with E-state index in [1.165, 1.54) is 0 Å². The highest BCUT2D eigenvalue weighted by molar-refractivity contribution is 7.09. The van der Waals surface area contributed by atoms with Crippen LogP contribution in [0.1, 0.15) is 36.3 Å². The van der Waals surface area contributed by atoms with E-state index in [2.05, 4.69) is 34.1 Å². The van der Waals surface area contributed by atoms with Gasteiger partial charge >= 0.3 is 0 Å². The summed E-state index contributed by atoms with van der Waals surface area (Å²) in [5.41, 5.74) is 7.77. The van der Waals surface area contributed by atoms with Crippen LogP contribution < -0.4 is 5.73 Å². The van der Waals surface area contributed by atoms with E-state index in [0.717, 1.165) is 35.9 Å². The molecule has 0 aromatic carbocycles. The van der Waals surface area contributed by atoms with Crippen molar-refractivity contribution in [3.05, 3.63) is 34.3 Å². The van der Waals surface area contributed by atoms with Crippen LogP contribution in [0.15, 0.2) is 17.9 Å². The Morgan fingerprint density at radius 3 is 2.79 bits per heavy atom. The number of hydrogen-bond acceptors (Lipinski definition) is 5. The van der Waals surface area contributed by atoms with E-state index in [4.69, 9.17) is 10.7 Å². The molecule has 0 spiro atoms. The number of thiazole rings is 1. The van der Waals surface area contributed by atoms with Gasteiger partial charge in [-0.05, 0) is 19.6 Å². The second kappa shape index (κ2) is 6.79. The number of aromatic nitrogens is 3. The summed E-state index contributed by atoms with van der Waals surface area (Å²) < 4.78 is 0. The third kappa shape index (κ3) is 3.20. The van der Waals surface area contributed by atoms with Crippen molar-refractivity contribution in [1.29, 1.82) is 0 Å². The molecule has 0 saturated carbocycles. The SMILES string of the molecule is CCN(CC)C(c1cnc[nH]1)c1nc(CCN)cs1. The molecule has 2 aromatic rings. The molecule has 1 atom stereocenters. The molecule has 2 rings (SSSR count). The van der Waals surface area contributed by atoms with Gasteiger partial charge in [-0.15, -0.1) is 11.3 Å². The molecule has 2 aromatic heterocycles. The first-order valence-electron chi connectivity index (χ1n) is 6.66. The van der Waals surface area contributed by atoms with Crippen molar-refractivity contribution >= 4 is 11.3 Å². The summed E-state index contributed by atoms with van der Waals surface area (Å²) in [6.45, 7) is 6.93. The second-order valence-corrected chi connectivity index (χ2v) is 5.24. The highest BCUT2D eigenvalue weighted by atomic mass is 32.1. The van der Waals surface area contributed by atoms with Crippen molar-refractivity contribution in [3.8, 4) is 0 Å². The molecule has 2 heterocycles. The Hall–Kier alpha value is -1.24. The van der Waals surface area contributed by atoms with Gasteiger partial charge in [-0.2, -0.15) is 0 Å². The number of nitrogens with zero attached hydrogens (tertiary/aromatic N) is 3. The normalized spacial score (nSPS) is 13.1. The predicted molar refractivity (Wildman–Crippen MR) is 78.2 cm³/mol. The number of H-pyrrole nitrogens is 1. The van der Waals surface area contributed by atoms with E-state index in [9.17, 15) is 0 Å². The first-order valence-corrected chi connectivity index (χ1v) is 7.54. The highest BCUT2D eigenvalue weighted by Crippen LogP contribution is 2.29. The second-order valence-electron chi connectivity index (χ2n) is 4.35. The van der Waals surface area contributed by atoms with E-state index in [1.54, 1.807) is 17.7 Å². The monoisotopic (exact) mass is 279 g/mol. The van der Waals surface area contributed by atoms with Crippen molar-refractivity contribution < 1.29 is 0 Å². The molecule has 1 unspecified atom stereocenters. The van der Waals surface area contributed by atoms with Gasteiger partial charge in [0.2, 0.25) is 0 Å². The lowest BCUT2D eigenvalue weighted by atomic mass is 10.2. The number of nitrogens with one attached hydrogen (secondary N) is 1. The van der Waals surface area contributed by atoms with Crippen molar-refractivity contribution in [3.63, 3.8) is 0 Å². The fourth-order valence-electron chi connectivity index (χ4n) is 2.20. The largest absolute Gasteiger partial charge is 0.347 e. The van der Waals surface area contributed by atoms with Gasteiger partial charge in [0.1, 0.15) is 11.0 Å². The molecule has 0 aliphatic rings. The summed E-state index contributed by atoms with van der Waals surface area (Å²) >= 11 is 1.70. The highest BCUT2D eigenvalue weighted by Gasteiger charge is 2.24. The molecule has 0 saturated heterocycles. The minimum atomic E-state index is 0.161. The standard InChI is InChI=1S/C13H21N5S/c1-3-18(4-2)12(11-7-15-9-16-11)13-17-10(5-6-14)8-19-13/h7-9,12H,3-6,14H2,1-2H3,(H,15,16). The van der Waals surface area contributed by atoms with Crippen LogP contribution in [0.3, 0.4) is 0 Å².